The molecule has 0 bridgehead atoms. The summed E-state index contributed by atoms with van der Waals surface area (Å²) in [5.41, 5.74) is 1.90. The summed E-state index contributed by atoms with van der Waals surface area (Å²) in [5.74, 6) is 1.30. The summed E-state index contributed by atoms with van der Waals surface area (Å²) in [6, 6.07) is 5.59. The molecule has 2 aromatic heterocycles. The molecule has 0 aliphatic carbocycles. The molecule has 0 N–H and O–H groups in total. The maximum Gasteiger partial charge on any atom is 0.212 e. The van der Waals surface area contributed by atoms with Crippen molar-refractivity contribution in [2.75, 3.05) is 7.11 Å². The van der Waals surface area contributed by atoms with E-state index in [1.165, 1.54) is 0 Å². The summed E-state index contributed by atoms with van der Waals surface area (Å²) < 4.78 is 5.04. The molecular formula is C15H18ClN3O. The van der Waals surface area contributed by atoms with Gasteiger partial charge in [-0.1, -0.05) is 38.4 Å². The summed E-state index contributed by atoms with van der Waals surface area (Å²) in [7, 11) is 1.59. The minimum atomic E-state index is -0.0561. The molecule has 4 nitrogen and oxygen atoms in total. The van der Waals surface area contributed by atoms with Crippen LogP contribution in [-0.4, -0.2) is 22.1 Å². The van der Waals surface area contributed by atoms with Crippen LogP contribution < -0.4 is 4.74 Å². The van der Waals surface area contributed by atoms with Gasteiger partial charge < -0.3 is 4.74 Å². The van der Waals surface area contributed by atoms with Crippen molar-refractivity contribution in [3.05, 3.63) is 46.6 Å². The molecule has 2 rings (SSSR count). The number of hydrogen-bond donors (Lipinski definition) is 0. The molecule has 5 heteroatoms. The van der Waals surface area contributed by atoms with Crippen LogP contribution in [0.5, 0.6) is 5.88 Å². The van der Waals surface area contributed by atoms with Gasteiger partial charge in [0.1, 0.15) is 11.0 Å². The number of pyridine rings is 1. The second-order valence-corrected chi connectivity index (χ2v) is 6.01. The Morgan fingerprint density at radius 2 is 1.95 bits per heavy atom. The van der Waals surface area contributed by atoms with E-state index in [1.807, 2.05) is 18.2 Å². The highest BCUT2D eigenvalue weighted by molar-refractivity contribution is 6.29. The second-order valence-electron chi connectivity index (χ2n) is 5.63. The van der Waals surface area contributed by atoms with Crippen molar-refractivity contribution in [2.24, 2.45) is 0 Å². The largest absolute Gasteiger partial charge is 0.481 e. The second kappa shape index (κ2) is 5.75. The third-order valence-electron chi connectivity index (χ3n) is 2.88. The zero-order valence-electron chi connectivity index (χ0n) is 12.1. The third-order valence-corrected chi connectivity index (χ3v) is 3.07. The fraction of sp³-hybridized carbons (Fsp3) is 0.400. The quantitative estimate of drug-likeness (QED) is 0.813. The first kappa shape index (κ1) is 14.7. The van der Waals surface area contributed by atoms with Gasteiger partial charge in [0.05, 0.1) is 12.8 Å². The zero-order chi connectivity index (χ0) is 14.8. The molecule has 0 atom stereocenters. The van der Waals surface area contributed by atoms with Crippen LogP contribution in [0.2, 0.25) is 5.15 Å². The third kappa shape index (κ3) is 3.67. The highest BCUT2D eigenvalue weighted by Crippen LogP contribution is 2.23. The van der Waals surface area contributed by atoms with Crippen molar-refractivity contribution in [3.8, 4) is 5.88 Å². The van der Waals surface area contributed by atoms with Gasteiger partial charge in [0, 0.05) is 24.1 Å². The van der Waals surface area contributed by atoms with Gasteiger partial charge in [0.2, 0.25) is 5.88 Å². The summed E-state index contributed by atoms with van der Waals surface area (Å²) in [5, 5.41) is 0.474. The molecule has 0 unspecified atom stereocenters. The molecule has 2 aromatic rings. The number of hydrogen-bond acceptors (Lipinski definition) is 4. The van der Waals surface area contributed by atoms with E-state index in [0.717, 1.165) is 11.3 Å². The van der Waals surface area contributed by atoms with E-state index >= 15 is 0 Å². The molecule has 0 saturated carbocycles. The van der Waals surface area contributed by atoms with Crippen LogP contribution in [0.3, 0.4) is 0 Å². The topological polar surface area (TPSA) is 47.9 Å². The maximum absolute atomic E-state index is 6.08. The standard InChI is InChI=1S/C15H18ClN3O/c1-15(2,3)11-8-12(16)19-13(18-11)7-10-5-6-14(20-4)17-9-10/h5-6,8-9H,7H2,1-4H3. The van der Waals surface area contributed by atoms with Crippen LogP contribution in [0.15, 0.2) is 24.4 Å². The van der Waals surface area contributed by atoms with Crippen molar-refractivity contribution in [2.45, 2.75) is 32.6 Å². The molecule has 0 spiro atoms. The monoisotopic (exact) mass is 291 g/mol. The van der Waals surface area contributed by atoms with Crippen molar-refractivity contribution in [1.82, 2.24) is 15.0 Å². The number of halogens is 1. The molecule has 0 radical (unpaired) electrons. The van der Waals surface area contributed by atoms with E-state index in [4.69, 9.17) is 16.3 Å². The molecule has 106 valence electrons. The Hall–Kier alpha value is -1.68. The Bertz CT molecular complexity index is 591. The van der Waals surface area contributed by atoms with Gasteiger partial charge in [-0.15, -0.1) is 0 Å². The molecule has 0 saturated heterocycles. The van der Waals surface area contributed by atoms with Crippen molar-refractivity contribution in [3.63, 3.8) is 0 Å². The minimum Gasteiger partial charge on any atom is -0.481 e. The van der Waals surface area contributed by atoms with Gasteiger partial charge in [-0.25, -0.2) is 15.0 Å². The number of ether oxygens (including phenoxy) is 1. The first-order valence-corrected chi connectivity index (χ1v) is 6.79. The first-order valence-electron chi connectivity index (χ1n) is 6.41. The van der Waals surface area contributed by atoms with Crippen LogP contribution in [0, 0.1) is 0 Å². The molecule has 0 fully saturated rings. The summed E-state index contributed by atoms with van der Waals surface area (Å²) in [4.78, 5) is 13.0. The summed E-state index contributed by atoms with van der Waals surface area (Å²) >= 11 is 6.08. The van der Waals surface area contributed by atoms with Crippen LogP contribution in [-0.2, 0) is 11.8 Å². The smallest absolute Gasteiger partial charge is 0.212 e. The lowest BCUT2D eigenvalue weighted by Gasteiger charge is -2.18. The fourth-order valence-electron chi connectivity index (χ4n) is 1.75. The molecule has 0 aromatic carbocycles. The van der Waals surface area contributed by atoms with Crippen LogP contribution in [0.4, 0.5) is 0 Å². The molecule has 20 heavy (non-hydrogen) atoms. The van der Waals surface area contributed by atoms with Crippen molar-refractivity contribution in [1.29, 1.82) is 0 Å². The van der Waals surface area contributed by atoms with E-state index in [-0.39, 0.29) is 5.41 Å². The van der Waals surface area contributed by atoms with Gasteiger partial charge in [-0.05, 0) is 11.6 Å². The van der Waals surface area contributed by atoms with Gasteiger partial charge in [0.15, 0.2) is 0 Å². The van der Waals surface area contributed by atoms with Crippen molar-refractivity contribution < 1.29 is 4.74 Å². The SMILES string of the molecule is COc1ccc(Cc2nc(Cl)cc(C(C)(C)C)n2)cn1. The number of rotatable bonds is 3. The Labute approximate surface area is 124 Å². The lowest BCUT2D eigenvalue weighted by Crippen LogP contribution is -2.15. The summed E-state index contributed by atoms with van der Waals surface area (Å²) in [6.07, 6.45) is 2.36. The van der Waals surface area contributed by atoms with E-state index in [9.17, 15) is 0 Å². The van der Waals surface area contributed by atoms with E-state index in [2.05, 4.69) is 35.7 Å². The predicted octanol–water partition coefficient (Wildman–Crippen LogP) is 3.42. The van der Waals surface area contributed by atoms with Gasteiger partial charge in [-0.3, -0.25) is 0 Å². The average molecular weight is 292 g/mol. The Morgan fingerprint density at radius 1 is 1.20 bits per heavy atom. The predicted molar refractivity (Wildman–Crippen MR) is 79.3 cm³/mol. The molecule has 0 aliphatic heterocycles. The molecule has 0 amide bonds. The normalized spacial score (nSPS) is 11.4. The first-order chi connectivity index (χ1) is 9.38. The average Bonchev–Trinajstić information content (AvgIpc) is 2.38. The maximum atomic E-state index is 6.08. The number of aromatic nitrogens is 3. The number of nitrogens with zero attached hydrogens (tertiary/aromatic N) is 3. The van der Waals surface area contributed by atoms with Crippen LogP contribution >= 0.6 is 11.6 Å². The molecular weight excluding hydrogens is 274 g/mol. The Balaban J connectivity index is 2.26. The van der Waals surface area contributed by atoms with Gasteiger partial charge in [0.25, 0.3) is 0 Å². The highest BCUT2D eigenvalue weighted by Gasteiger charge is 2.17. The molecule has 0 aliphatic rings. The minimum absolute atomic E-state index is 0.0561. The van der Waals surface area contributed by atoms with E-state index in [0.29, 0.717) is 23.3 Å². The fourth-order valence-corrected chi connectivity index (χ4v) is 1.95. The highest BCUT2D eigenvalue weighted by atomic mass is 35.5. The zero-order valence-corrected chi connectivity index (χ0v) is 12.9. The Kier molecular flexibility index (Phi) is 4.23. The lowest BCUT2D eigenvalue weighted by molar-refractivity contribution is 0.397. The Morgan fingerprint density at radius 3 is 2.50 bits per heavy atom. The van der Waals surface area contributed by atoms with Gasteiger partial charge in [-0.2, -0.15) is 0 Å². The van der Waals surface area contributed by atoms with E-state index < -0.39 is 0 Å². The van der Waals surface area contributed by atoms with Gasteiger partial charge >= 0.3 is 0 Å². The van der Waals surface area contributed by atoms with E-state index in [1.54, 1.807) is 13.3 Å². The van der Waals surface area contributed by atoms with Crippen LogP contribution in [0.25, 0.3) is 0 Å². The lowest BCUT2D eigenvalue weighted by atomic mass is 9.92. The molecule has 2 heterocycles. The summed E-state index contributed by atoms with van der Waals surface area (Å²) in [6.45, 7) is 6.30. The van der Waals surface area contributed by atoms with Crippen molar-refractivity contribution >= 4 is 11.6 Å². The number of methoxy groups -OCH3 is 1. The van der Waals surface area contributed by atoms with Crippen LogP contribution in [0.1, 0.15) is 37.9 Å².